The zero-order valence-electron chi connectivity index (χ0n) is 7.92. The van der Waals surface area contributed by atoms with E-state index in [0.717, 1.165) is 0 Å². The third kappa shape index (κ3) is 3.17. The van der Waals surface area contributed by atoms with Crippen LogP contribution in [-0.2, 0) is 0 Å². The number of hydrogen-bond acceptors (Lipinski definition) is 4. The van der Waals surface area contributed by atoms with Crippen molar-refractivity contribution in [1.29, 1.82) is 5.26 Å². The van der Waals surface area contributed by atoms with Crippen LogP contribution in [0.1, 0.15) is 17.8 Å². The Hall–Kier alpha value is -2.11. The average molecular weight is 253 g/mol. The van der Waals surface area contributed by atoms with Crippen molar-refractivity contribution in [2.24, 2.45) is 0 Å². The van der Waals surface area contributed by atoms with E-state index in [0.29, 0.717) is 6.07 Å². The Balaban J connectivity index is 3.28. The third-order valence-corrected chi connectivity index (χ3v) is 1.57. The van der Waals surface area contributed by atoms with Crippen molar-refractivity contribution in [2.75, 3.05) is 5.73 Å². The summed E-state index contributed by atoms with van der Waals surface area (Å²) >= 11 is 0. The Morgan fingerprint density at radius 2 is 2.00 bits per heavy atom. The predicted molar refractivity (Wildman–Crippen MR) is 45.0 cm³/mol. The minimum atomic E-state index is -5.09. The van der Waals surface area contributed by atoms with Gasteiger partial charge in [-0.05, 0) is 6.07 Å². The summed E-state index contributed by atoms with van der Waals surface area (Å²) in [7, 11) is 0. The molecule has 17 heavy (non-hydrogen) atoms. The molecule has 0 saturated carbocycles. The molecule has 0 unspecified atom stereocenters. The number of aromatic nitrogens is 1. The molecule has 2 N–H and O–H groups in total. The van der Waals surface area contributed by atoms with E-state index in [-0.39, 0.29) is 0 Å². The molecular weight excluding hydrogens is 249 g/mol. The highest BCUT2D eigenvalue weighted by atomic mass is 19.4. The highest BCUT2D eigenvalue weighted by molar-refractivity contribution is 5.59. The number of halogens is 5. The van der Waals surface area contributed by atoms with Crippen LogP contribution < -0.4 is 10.5 Å². The summed E-state index contributed by atoms with van der Waals surface area (Å²) < 4.78 is 63.7. The zero-order valence-corrected chi connectivity index (χ0v) is 7.92. The molecule has 0 bridgehead atoms. The molecule has 0 spiro atoms. The van der Waals surface area contributed by atoms with E-state index in [1.807, 2.05) is 0 Å². The number of nitrogen functional groups attached to an aromatic ring is 1. The maximum absolute atomic E-state index is 12.2. The van der Waals surface area contributed by atoms with Crippen LogP contribution in [0.2, 0.25) is 0 Å². The Morgan fingerprint density at radius 3 is 2.41 bits per heavy atom. The number of ether oxygens (including phenoxy) is 1. The monoisotopic (exact) mass is 253 g/mol. The predicted octanol–water partition coefficient (Wildman–Crippen LogP) is 2.37. The topological polar surface area (TPSA) is 71.9 Å². The van der Waals surface area contributed by atoms with E-state index < -0.39 is 35.6 Å². The third-order valence-electron chi connectivity index (χ3n) is 1.57. The molecule has 0 saturated heterocycles. The van der Waals surface area contributed by atoms with E-state index in [4.69, 9.17) is 11.0 Å². The molecule has 0 atom stereocenters. The lowest BCUT2D eigenvalue weighted by Gasteiger charge is -2.12. The van der Waals surface area contributed by atoms with Crippen LogP contribution >= 0.6 is 0 Å². The fraction of sp³-hybridized carbons (Fsp3) is 0.250. The van der Waals surface area contributed by atoms with Crippen molar-refractivity contribution in [3.05, 3.63) is 17.5 Å². The maximum Gasteiger partial charge on any atom is 0.573 e. The minimum absolute atomic E-state index is 0.520. The van der Waals surface area contributed by atoms with Crippen molar-refractivity contribution in [3.8, 4) is 11.8 Å². The first-order valence-corrected chi connectivity index (χ1v) is 3.99. The summed E-state index contributed by atoms with van der Waals surface area (Å²) in [6, 6.07) is 1.73. The summed E-state index contributed by atoms with van der Waals surface area (Å²) in [5, 5.41) is 8.49. The van der Waals surface area contributed by atoms with Crippen LogP contribution in [-0.4, -0.2) is 11.3 Å². The van der Waals surface area contributed by atoms with Gasteiger partial charge in [-0.15, -0.1) is 13.2 Å². The Bertz CT molecular complexity index is 465. The first-order chi connectivity index (χ1) is 7.74. The number of hydrogen-bond donors (Lipinski definition) is 1. The van der Waals surface area contributed by atoms with Gasteiger partial charge in [0.2, 0.25) is 0 Å². The van der Waals surface area contributed by atoms with E-state index >= 15 is 0 Å². The van der Waals surface area contributed by atoms with E-state index in [2.05, 4.69) is 9.72 Å². The van der Waals surface area contributed by atoms with Crippen molar-refractivity contribution < 1.29 is 26.7 Å². The zero-order chi connectivity index (χ0) is 13.2. The quantitative estimate of drug-likeness (QED) is 0.821. The number of pyridine rings is 1. The van der Waals surface area contributed by atoms with Crippen LogP contribution in [0.15, 0.2) is 6.07 Å². The Morgan fingerprint density at radius 1 is 1.41 bits per heavy atom. The molecule has 4 nitrogen and oxygen atoms in total. The summed E-state index contributed by atoms with van der Waals surface area (Å²) in [5.74, 6) is -1.08. The first-order valence-electron chi connectivity index (χ1n) is 3.99. The van der Waals surface area contributed by atoms with Crippen LogP contribution in [0.5, 0.6) is 5.75 Å². The number of anilines is 1. The molecule has 1 heterocycles. The number of nitrogens with two attached hydrogens (primary N) is 1. The Labute approximate surface area is 91.4 Å². The van der Waals surface area contributed by atoms with Gasteiger partial charge >= 0.3 is 6.36 Å². The lowest BCUT2D eigenvalue weighted by Crippen LogP contribution is -2.19. The molecule has 0 aliphatic heterocycles. The highest BCUT2D eigenvalue weighted by Gasteiger charge is 2.34. The van der Waals surface area contributed by atoms with E-state index in [1.165, 1.54) is 6.07 Å². The highest BCUT2D eigenvalue weighted by Crippen LogP contribution is 2.33. The molecule has 0 fully saturated rings. The summed E-state index contributed by atoms with van der Waals surface area (Å²) in [5.41, 5.74) is 2.52. The largest absolute Gasteiger partial charge is 0.573 e. The van der Waals surface area contributed by atoms with Gasteiger partial charge in [0.1, 0.15) is 11.8 Å². The fourth-order valence-corrected chi connectivity index (χ4v) is 0.984. The second-order valence-electron chi connectivity index (χ2n) is 2.77. The van der Waals surface area contributed by atoms with Crippen molar-refractivity contribution in [3.63, 3.8) is 0 Å². The van der Waals surface area contributed by atoms with Gasteiger partial charge in [-0.25, -0.2) is 13.8 Å². The lowest BCUT2D eigenvalue weighted by atomic mass is 10.2. The van der Waals surface area contributed by atoms with Crippen molar-refractivity contribution in [1.82, 2.24) is 4.98 Å². The van der Waals surface area contributed by atoms with Gasteiger partial charge in [-0.2, -0.15) is 5.26 Å². The van der Waals surface area contributed by atoms with Gasteiger partial charge < -0.3 is 10.5 Å². The molecular formula is C8H4F5N3O. The first kappa shape index (κ1) is 13.0. The molecule has 9 heteroatoms. The van der Waals surface area contributed by atoms with E-state index in [9.17, 15) is 22.0 Å². The minimum Gasteiger partial charge on any atom is -0.400 e. The number of alkyl halides is 5. The van der Waals surface area contributed by atoms with E-state index in [1.54, 1.807) is 0 Å². The molecule has 1 aromatic rings. The summed E-state index contributed by atoms with van der Waals surface area (Å²) in [6.07, 6.45) is -8.14. The number of nitriles is 1. The molecule has 0 radical (unpaired) electrons. The normalized spacial score (nSPS) is 11.4. The average Bonchev–Trinajstić information content (AvgIpc) is 2.18. The van der Waals surface area contributed by atoms with Gasteiger partial charge in [0.05, 0.1) is 5.69 Å². The van der Waals surface area contributed by atoms with Crippen molar-refractivity contribution in [2.45, 2.75) is 12.8 Å². The molecule has 0 aliphatic carbocycles. The smallest absolute Gasteiger partial charge is 0.400 e. The fourth-order valence-electron chi connectivity index (χ4n) is 0.984. The molecule has 1 rings (SSSR count). The number of rotatable bonds is 2. The van der Waals surface area contributed by atoms with Crippen molar-refractivity contribution >= 4 is 5.69 Å². The molecule has 1 aromatic heterocycles. The van der Waals surface area contributed by atoms with Crippen LogP contribution in [0.3, 0.4) is 0 Å². The van der Waals surface area contributed by atoms with Crippen LogP contribution in [0, 0.1) is 11.3 Å². The summed E-state index contributed by atoms with van der Waals surface area (Å²) in [4.78, 5) is 3.02. The summed E-state index contributed by atoms with van der Waals surface area (Å²) in [6.45, 7) is 0. The Kier molecular flexibility index (Phi) is 3.36. The van der Waals surface area contributed by atoms with Gasteiger partial charge in [0.15, 0.2) is 11.4 Å². The van der Waals surface area contributed by atoms with Gasteiger partial charge in [-0.1, -0.05) is 0 Å². The lowest BCUT2D eigenvalue weighted by molar-refractivity contribution is -0.274. The van der Waals surface area contributed by atoms with Crippen LogP contribution in [0.25, 0.3) is 0 Å². The standard InChI is InChI=1S/C8H4F5N3O/c9-7(10)4-1-3(15)6(5(2-14)16-4)17-8(11,12)13/h1,7H,(H2,15,16). The molecule has 92 valence electrons. The maximum atomic E-state index is 12.2. The SMILES string of the molecule is N#Cc1nc(C(F)F)cc(N)c1OC(F)(F)F. The van der Waals surface area contributed by atoms with Gasteiger partial charge in [-0.3, -0.25) is 0 Å². The molecule has 0 aliphatic rings. The van der Waals surface area contributed by atoms with Gasteiger partial charge in [0.25, 0.3) is 6.43 Å². The van der Waals surface area contributed by atoms with Crippen LogP contribution in [0.4, 0.5) is 27.6 Å². The second-order valence-corrected chi connectivity index (χ2v) is 2.77. The number of nitrogens with zero attached hydrogens (tertiary/aromatic N) is 2. The second kappa shape index (κ2) is 4.40. The molecule has 0 aromatic carbocycles. The molecule has 0 amide bonds. The van der Waals surface area contributed by atoms with Gasteiger partial charge in [0, 0.05) is 0 Å².